The summed E-state index contributed by atoms with van der Waals surface area (Å²) in [5.74, 6) is -1.49. The van der Waals surface area contributed by atoms with Crippen LogP contribution >= 0.6 is 15.9 Å². The Morgan fingerprint density at radius 1 is 1.55 bits per heavy atom. The molecular weight excluding hydrogens is 324 g/mol. The van der Waals surface area contributed by atoms with Crippen molar-refractivity contribution in [2.45, 2.75) is 39.3 Å². The van der Waals surface area contributed by atoms with E-state index in [0.717, 1.165) is 17.3 Å². The lowest BCUT2D eigenvalue weighted by atomic mass is 10.1. The number of aryl methyl sites for hydroxylation is 1. The van der Waals surface area contributed by atoms with Gasteiger partial charge in [0.25, 0.3) is 5.91 Å². The Bertz CT molecular complexity index is 522. The van der Waals surface area contributed by atoms with E-state index in [1.165, 1.54) is 0 Å². The van der Waals surface area contributed by atoms with Gasteiger partial charge in [0, 0.05) is 29.8 Å². The first-order valence-corrected chi connectivity index (χ1v) is 7.62. The highest BCUT2D eigenvalue weighted by molar-refractivity contribution is 9.10. The molecule has 0 unspecified atom stereocenters. The number of carbonyl (C=O) groups is 2. The molecule has 0 saturated heterocycles. The molecule has 20 heavy (non-hydrogen) atoms. The minimum atomic E-state index is -0.865. The predicted octanol–water partition coefficient (Wildman–Crippen LogP) is 2.60. The number of hydrogen-bond acceptors (Lipinski definition) is 2. The van der Waals surface area contributed by atoms with Crippen molar-refractivity contribution in [2.24, 2.45) is 5.92 Å². The average Bonchev–Trinajstić information content (AvgIpc) is 3.17. The van der Waals surface area contributed by atoms with Gasteiger partial charge in [0.15, 0.2) is 0 Å². The van der Waals surface area contributed by atoms with Gasteiger partial charge in [0.05, 0.1) is 5.92 Å². The summed E-state index contributed by atoms with van der Waals surface area (Å²) in [6, 6.07) is 2.00. The van der Waals surface area contributed by atoms with Crippen LogP contribution < -0.4 is 0 Å². The first-order valence-electron chi connectivity index (χ1n) is 6.83. The van der Waals surface area contributed by atoms with Gasteiger partial charge in [-0.3, -0.25) is 9.59 Å². The van der Waals surface area contributed by atoms with Crippen LogP contribution in [0.25, 0.3) is 0 Å². The second kappa shape index (κ2) is 5.99. The lowest BCUT2D eigenvalue weighted by Crippen LogP contribution is -2.39. The number of aliphatic carboxylic acids is 1. The largest absolute Gasteiger partial charge is 0.481 e. The molecule has 1 N–H and O–H groups in total. The van der Waals surface area contributed by atoms with Crippen LogP contribution in [0, 0.1) is 5.92 Å². The van der Waals surface area contributed by atoms with Crippen molar-refractivity contribution in [3.63, 3.8) is 0 Å². The van der Waals surface area contributed by atoms with E-state index in [4.69, 9.17) is 5.11 Å². The van der Waals surface area contributed by atoms with Gasteiger partial charge < -0.3 is 14.6 Å². The molecule has 1 fully saturated rings. The summed E-state index contributed by atoms with van der Waals surface area (Å²) in [6.45, 7) is 4.59. The zero-order chi connectivity index (χ0) is 14.9. The number of hydrogen-bond donors (Lipinski definition) is 1. The standard InChI is InChI=1S/C14H19BrN2O3/c1-3-16-8-10(15)6-12(16)13(18)17(11-4-5-11)7-9(2)14(19)20/h6,8-9,11H,3-5,7H2,1-2H3,(H,19,20)/t9-/m1/s1. The lowest BCUT2D eigenvalue weighted by molar-refractivity contribution is -0.141. The second-order valence-electron chi connectivity index (χ2n) is 5.26. The van der Waals surface area contributed by atoms with Gasteiger partial charge in [0.2, 0.25) is 0 Å². The summed E-state index contributed by atoms with van der Waals surface area (Å²) in [5, 5.41) is 9.04. The minimum Gasteiger partial charge on any atom is -0.481 e. The molecule has 6 heteroatoms. The molecule has 1 aliphatic carbocycles. The van der Waals surface area contributed by atoms with Gasteiger partial charge >= 0.3 is 5.97 Å². The third-order valence-corrected chi connectivity index (χ3v) is 4.00. The van der Waals surface area contributed by atoms with Crippen molar-refractivity contribution in [1.29, 1.82) is 0 Å². The van der Waals surface area contributed by atoms with Crippen LogP contribution in [0.5, 0.6) is 0 Å². The third-order valence-electron chi connectivity index (χ3n) is 3.56. The van der Waals surface area contributed by atoms with Crippen molar-refractivity contribution < 1.29 is 14.7 Å². The normalized spacial score (nSPS) is 15.9. The molecule has 0 bridgehead atoms. The molecule has 110 valence electrons. The molecule has 0 aromatic carbocycles. The van der Waals surface area contributed by atoms with Crippen LogP contribution in [0.2, 0.25) is 0 Å². The molecule has 1 amide bonds. The van der Waals surface area contributed by atoms with E-state index in [2.05, 4.69) is 15.9 Å². The molecule has 0 radical (unpaired) electrons. The van der Waals surface area contributed by atoms with Crippen molar-refractivity contribution in [2.75, 3.05) is 6.54 Å². The summed E-state index contributed by atoms with van der Waals surface area (Å²) in [6.07, 6.45) is 3.80. The van der Waals surface area contributed by atoms with E-state index in [9.17, 15) is 9.59 Å². The Kier molecular flexibility index (Phi) is 4.52. The van der Waals surface area contributed by atoms with Gasteiger partial charge in [-0.25, -0.2) is 0 Å². The molecule has 1 atom stereocenters. The topological polar surface area (TPSA) is 62.5 Å². The summed E-state index contributed by atoms with van der Waals surface area (Å²) >= 11 is 3.38. The fraction of sp³-hybridized carbons (Fsp3) is 0.571. The van der Waals surface area contributed by atoms with Crippen LogP contribution in [0.4, 0.5) is 0 Å². The Balaban J connectivity index is 2.20. The molecule has 1 aromatic rings. The average molecular weight is 343 g/mol. The van der Waals surface area contributed by atoms with Gasteiger partial charge in [-0.2, -0.15) is 0 Å². The molecule has 0 spiro atoms. The SMILES string of the molecule is CCn1cc(Br)cc1C(=O)N(C[C@@H](C)C(=O)O)C1CC1. The molecule has 1 heterocycles. The maximum Gasteiger partial charge on any atom is 0.308 e. The van der Waals surface area contributed by atoms with Gasteiger partial charge in [-0.05, 0) is 41.8 Å². The molecule has 1 aliphatic rings. The minimum absolute atomic E-state index is 0.0758. The molecule has 1 aromatic heterocycles. The zero-order valence-electron chi connectivity index (χ0n) is 11.7. The first kappa shape index (κ1) is 15.1. The quantitative estimate of drug-likeness (QED) is 0.864. The zero-order valence-corrected chi connectivity index (χ0v) is 13.3. The number of carbonyl (C=O) groups excluding carboxylic acids is 1. The Labute approximate surface area is 126 Å². The lowest BCUT2D eigenvalue weighted by Gasteiger charge is -2.24. The summed E-state index contributed by atoms with van der Waals surface area (Å²) in [7, 11) is 0. The van der Waals surface area contributed by atoms with Crippen molar-refractivity contribution in [1.82, 2.24) is 9.47 Å². The van der Waals surface area contributed by atoms with Crippen molar-refractivity contribution >= 4 is 27.8 Å². The third kappa shape index (κ3) is 3.23. The van der Waals surface area contributed by atoms with E-state index in [1.807, 2.05) is 17.7 Å². The Morgan fingerprint density at radius 3 is 2.70 bits per heavy atom. The van der Waals surface area contributed by atoms with Crippen molar-refractivity contribution in [3.8, 4) is 0 Å². The Hall–Kier alpha value is -1.30. The van der Waals surface area contributed by atoms with Crippen LogP contribution in [0.15, 0.2) is 16.7 Å². The number of nitrogens with zero attached hydrogens (tertiary/aromatic N) is 2. The number of aromatic nitrogens is 1. The monoisotopic (exact) mass is 342 g/mol. The van der Waals surface area contributed by atoms with Crippen LogP contribution in [0.3, 0.4) is 0 Å². The summed E-state index contributed by atoms with van der Waals surface area (Å²) in [4.78, 5) is 25.4. The highest BCUT2D eigenvalue weighted by Gasteiger charge is 2.35. The maximum atomic E-state index is 12.7. The van der Waals surface area contributed by atoms with Gasteiger partial charge in [0.1, 0.15) is 5.69 Å². The smallest absolute Gasteiger partial charge is 0.308 e. The second-order valence-corrected chi connectivity index (χ2v) is 6.17. The fourth-order valence-corrected chi connectivity index (χ4v) is 2.68. The molecular formula is C14H19BrN2O3. The highest BCUT2D eigenvalue weighted by Crippen LogP contribution is 2.30. The van der Waals surface area contributed by atoms with Gasteiger partial charge in [-0.15, -0.1) is 0 Å². The number of rotatable bonds is 6. The van der Waals surface area contributed by atoms with E-state index >= 15 is 0 Å². The Morgan fingerprint density at radius 2 is 2.20 bits per heavy atom. The van der Waals surface area contributed by atoms with Crippen molar-refractivity contribution in [3.05, 3.63) is 22.4 Å². The van der Waals surface area contributed by atoms with Crippen LogP contribution in [0.1, 0.15) is 37.2 Å². The number of halogens is 1. The van der Waals surface area contributed by atoms with Crippen LogP contribution in [-0.2, 0) is 11.3 Å². The van der Waals surface area contributed by atoms with E-state index in [0.29, 0.717) is 12.2 Å². The molecule has 5 nitrogen and oxygen atoms in total. The summed E-state index contributed by atoms with van der Waals surface area (Å²) < 4.78 is 2.75. The maximum absolute atomic E-state index is 12.7. The van der Waals surface area contributed by atoms with E-state index in [-0.39, 0.29) is 18.5 Å². The van der Waals surface area contributed by atoms with Gasteiger partial charge in [-0.1, -0.05) is 6.92 Å². The van der Waals surface area contributed by atoms with E-state index in [1.54, 1.807) is 17.9 Å². The number of carboxylic acids is 1. The van der Waals surface area contributed by atoms with E-state index < -0.39 is 11.9 Å². The molecule has 2 rings (SSSR count). The first-order chi connectivity index (χ1) is 9.43. The molecule has 1 saturated carbocycles. The van der Waals surface area contributed by atoms with Crippen LogP contribution in [-0.4, -0.2) is 39.0 Å². The number of amides is 1. The number of carboxylic acid groups (broad SMARTS) is 1. The highest BCUT2D eigenvalue weighted by atomic mass is 79.9. The summed E-state index contributed by atoms with van der Waals surface area (Å²) in [5.41, 5.74) is 0.615. The predicted molar refractivity (Wildman–Crippen MR) is 78.7 cm³/mol. The fourth-order valence-electron chi connectivity index (χ4n) is 2.22. The molecule has 0 aliphatic heterocycles.